The van der Waals surface area contributed by atoms with Gasteiger partial charge in [-0.3, -0.25) is 4.40 Å². The number of rotatable bonds is 4. The average Bonchev–Trinajstić information content (AvgIpc) is 3.27. The molecule has 2 aromatic heterocycles. The summed E-state index contributed by atoms with van der Waals surface area (Å²) >= 11 is 0. The van der Waals surface area contributed by atoms with Crippen LogP contribution in [0.2, 0.25) is 0 Å². The van der Waals surface area contributed by atoms with E-state index in [0.717, 1.165) is 12.1 Å². The quantitative estimate of drug-likeness (QED) is 0.277. The van der Waals surface area contributed by atoms with E-state index in [-0.39, 0.29) is 5.41 Å². The maximum atomic E-state index is 4.71. The van der Waals surface area contributed by atoms with Crippen molar-refractivity contribution in [2.75, 3.05) is 0 Å². The number of pyridine rings is 1. The number of hydrogen-bond acceptors (Lipinski definition) is 1. The minimum absolute atomic E-state index is 0.150. The van der Waals surface area contributed by atoms with Crippen LogP contribution in [-0.2, 0) is 11.8 Å². The van der Waals surface area contributed by atoms with Crippen LogP contribution >= 0.6 is 0 Å². The summed E-state index contributed by atoms with van der Waals surface area (Å²) in [5.74, 6) is 0. The van der Waals surface area contributed by atoms with Crippen LogP contribution in [0.1, 0.15) is 51.7 Å². The maximum absolute atomic E-state index is 4.71. The van der Waals surface area contributed by atoms with E-state index in [1.54, 1.807) is 0 Å². The van der Waals surface area contributed by atoms with Gasteiger partial charge in [0.1, 0.15) is 5.65 Å². The Labute approximate surface area is 184 Å². The van der Waals surface area contributed by atoms with E-state index in [1.165, 1.54) is 56.8 Å². The zero-order valence-corrected chi connectivity index (χ0v) is 18.9. The first-order chi connectivity index (χ1) is 15.0. The third kappa shape index (κ3) is 3.40. The molecule has 0 fully saturated rings. The molecule has 2 heteroatoms. The van der Waals surface area contributed by atoms with Gasteiger partial charge in [-0.1, -0.05) is 82.6 Å². The molecule has 0 amide bonds. The van der Waals surface area contributed by atoms with E-state index < -0.39 is 0 Å². The van der Waals surface area contributed by atoms with Crippen molar-refractivity contribution < 1.29 is 0 Å². The van der Waals surface area contributed by atoms with Gasteiger partial charge in [-0.2, -0.15) is 0 Å². The fourth-order valence-corrected chi connectivity index (χ4v) is 4.65. The number of aryl methyl sites for hydroxylation is 1. The Bertz CT molecular complexity index is 1380. The molecule has 0 aliphatic rings. The van der Waals surface area contributed by atoms with E-state index in [0.29, 0.717) is 0 Å². The number of unbranched alkanes of at least 4 members (excludes halogenated alkanes) is 1. The number of fused-ring (bicyclic) bond motifs is 6. The summed E-state index contributed by atoms with van der Waals surface area (Å²) in [5.41, 5.74) is 7.75. The number of hydrogen-bond donors (Lipinski definition) is 0. The summed E-state index contributed by atoms with van der Waals surface area (Å²) in [6.07, 6.45) is 7.53. The zero-order chi connectivity index (χ0) is 21.6. The Morgan fingerprint density at radius 3 is 2.32 bits per heavy atom. The highest BCUT2D eigenvalue weighted by atomic mass is 15.0. The molecule has 0 radical (unpaired) electrons. The first-order valence-electron chi connectivity index (χ1n) is 11.4. The Morgan fingerprint density at radius 2 is 1.61 bits per heavy atom. The summed E-state index contributed by atoms with van der Waals surface area (Å²) in [7, 11) is 0. The van der Waals surface area contributed by atoms with Crippen LogP contribution in [0.3, 0.4) is 0 Å². The number of imidazole rings is 1. The second-order valence-corrected chi connectivity index (χ2v) is 9.64. The monoisotopic (exact) mass is 406 g/mol. The van der Waals surface area contributed by atoms with Crippen molar-refractivity contribution in [3.63, 3.8) is 0 Å². The Morgan fingerprint density at radius 1 is 0.871 bits per heavy atom. The first kappa shape index (κ1) is 19.8. The second kappa shape index (κ2) is 7.53. The first-order valence-corrected chi connectivity index (χ1v) is 11.4. The highest BCUT2D eigenvalue weighted by Gasteiger charge is 2.17. The van der Waals surface area contributed by atoms with Gasteiger partial charge in [-0.25, -0.2) is 4.98 Å². The Balaban J connectivity index is 1.86. The van der Waals surface area contributed by atoms with Gasteiger partial charge in [-0.15, -0.1) is 0 Å². The molecule has 0 atom stereocenters. The van der Waals surface area contributed by atoms with E-state index in [4.69, 9.17) is 4.98 Å². The molecule has 5 aromatic rings. The van der Waals surface area contributed by atoms with Gasteiger partial charge in [0.2, 0.25) is 0 Å². The second-order valence-electron chi connectivity index (χ2n) is 9.64. The molecule has 0 bridgehead atoms. The average molecular weight is 407 g/mol. The minimum Gasteiger partial charge on any atom is -0.299 e. The minimum atomic E-state index is 0.150. The summed E-state index contributed by atoms with van der Waals surface area (Å²) in [6.45, 7) is 9.06. The summed E-state index contributed by atoms with van der Waals surface area (Å²) in [5, 5.41) is 3.80. The summed E-state index contributed by atoms with van der Waals surface area (Å²) in [6, 6.07) is 22.6. The smallest absolute Gasteiger partial charge is 0.145 e. The van der Waals surface area contributed by atoms with Gasteiger partial charge < -0.3 is 0 Å². The van der Waals surface area contributed by atoms with E-state index in [2.05, 4.69) is 99.0 Å². The largest absolute Gasteiger partial charge is 0.299 e. The standard InChI is InChI=1S/C29H30N2/c1-5-6-9-20-18-25(21-12-14-22(15-13-21)29(2,3)4)27-26(19-20)23-10-7-8-11-24(23)28-30-16-17-31(27)28/h7-8,10-19H,5-6,9H2,1-4H3. The van der Waals surface area contributed by atoms with Crippen LogP contribution in [0.5, 0.6) is 0 Å². The molecular formula is C29H30N2. The molecule has 2 heterocycles. The van der Waals surface area contributed by atoms with Crippen molar-refractivity contribution in [1.29, 1.82) is 0 Å². The number of benzene rings is 3. The van der Waals surface area contributed by atoms with Crippen molar-refractivity contribution in [2.24, 2.45) is 0 Å². The number of aromatic nitrogens is 2. The topological polar surface area (TPSA) is 17.3 Å². The van der Waals surface area contributed by atoms with Gasteiger partial charge in [-0.05, 0) is 52.5 Å². The lowest BCUT2D eigenvalue weighted by molar-refractivity contribution is 0.590. The Hall–Kier alpha value is -3.13. The lowest BCUT2D eigenvalue weighted by Crippen LogP contribution is -2.10. The molecule has 0 aliphatic carbocycles. The van der Waals surface area contributed by atoms with Gasteiger partial charge in [0.15, 0.2) is 0 Å². The van der Waals surface area contributed by atoms with Crippen molar-refractivity contribution in [1.82, 2.24) is 9.38 Å². The molecular weight excluding hydrogens is 376 g/mol. The summed E-state index contributed by atoms with van der Waals surface area (Å²) in [4.78, 5) is 4.71. The zero-order valence-electron chi connectivity index (χ0n) is 18.9. The van der Waals surface area contributed by atoms with Crippen LogP contribution in [0.25, 0.3) is 38.4 Å². The SMILES string of the molecule is CCCCc1cc(-c2ccc(C(C)(C)C)cc2)c2c(c1)c1ccccc1c1nccn12. The lowest BCUT2D eigenvalue weighted by atomic mass is 9.86. The molecule has 0 N–H and O–H groups in total. The van der Waals surface area contributed by atoms with Crippen LogP contribution in [0.4, 0.5) is 0 Å². The van der Waals surface area contributed by atoms with E-state index >= 15 is 0 Å². The van der Waals surface area contributed by atoms with Gasteiger partial charge in [0.05, 0.1) is 5.52 Å². The van der Waals surface area contributed by atoms with Crippen LogP contribution < -0.4 is 0 Å². The van der Waals surface area contributed by atoms with Crippen molar-refractivity contribution >= 4 is 27.3 Å². The third-order valence-corrected chi connectivity index (χ3v) is 6.39. The fourth-order valence-electron chi connectivity index (χ4n) is 4.65. The van der Waals surface area contributed by atoms with E-state index in [1.807, 2.05) is 6.20 Å². The molecule has 2 nitrogen and oxygen atoms in total. The highest BCUT2D eigenvalue weighted by Crippen LogP contribution is 2.37. The fraction of sp³-hybridized carbons (Fsp3) is 0.276. The molecule has 5 rings (SSSR count). The van der Waals surface area contributed by atoms with E-state index in [9.17, 15) is 0 Å². The molecule has 0 spiro atoms. The predicted molar refractivity (Wildman–Crippen MR) is 133 cm³/mol. The van der Waals surface area contributed by atoms with Crippen molar-refractivity contribution in [3.8, 4) is 11.1 Å². The predicted octanol–water partition coefficient (Wildman–Crippen LogP) is 7.95. The normalized spacial score (nSPS) is 12.3. The van der Waals surface area contributed by atoms with Crippen molar-refractivity contribution in [3.05, 3.63) is 84.2 Å². The van der Waals surface area contributed by atoms with Crippen LogP contribution in [-0.4, -0.2) is 9.38 Å². The maximum Gasteiger partial charge on any atom is 0.145 e. The molecule has 0 saturated heterocycles. The van der Waals surface area contributed by atoms with Gasteiger partial charge in [0.25, 0.3) is 0 Å². The molecule has 31 heavy (non-hydrogen) atoms. The van der Waals surface area contributed by atoms with Gasteiger partial charge >= 0.3 is 0 Å². The molecule has 0 unspecified atom stereocenters. The molecule has 3 aromatic carbocycles. The highest BCUT2D eigenvalue weighted by molar-refractivity contribution is 6.15. The van der Waals surface area contributed by atoms with Crippen molar-refractivity contribution in [2.45, 2.75) is 52.4 Å². The van der Waals surface area contributed by atoms with Crippen LogP contribution in [0.15, 0.2) is 73.1 Å². The summed E-state index contributed by atoms with van der Waals surface area (Å²) < 4.78 is 2.27. The molecule has 156 valence electrons. The van der Waals surface area contributed by atoms with Crippen LogP contribution in [0, 0.1) is 0 Å². The lowest BCUT2D eigenvalue weighted by Gasteiger charge is -2.20. The van der Waals surface area contributed by atoms with Gasteiger partial charge in [0, 0.05) is 28.7 Å². The Kier molecular flexibility index (Phi) is 4.81. The third-order valence-electron chi connectivity index (χ3n) is 6.39. The molecule has 0 aliphatic heterocycles. The molecule has 0 saturated carbocycles. The number of nitrogens with zero attached hydrogens (tertiary/aromatic N) is 2.